The predicted octanol–water partition coefficient (Wildman–Crippen LogP) is 4.66. The van der Waals surface area contributed by atoms with Crippen LogP contribution in [0.1, 0.15) is 48.6 Å². The highest BCUT2D eigenvalue weighted by atomic mass is 16.5. The van der Waals surface area contributed by atoms with Crippen LogP contribution in [0.3, 0.4) is 0 Å². The maximum absolute atomic E-state index is 12.6. The first-order valence-electron chi connectivity index (χ1n) is 9.05. The molecule has 2 aromatic rings. The van der Waals surface area contributed by atoms with E-state index in [1.54, 1.807) is 14.0 Å². The van der Waals surface area contributed by atoms with E-state index in [0.29, 0.717) is 0 Å². The van der Waals surface area contributed by atoms with Crippen LogP contribution in [-0.2, 0) is 4.79 Å². The Morgan fingerprint density at radius 1 is 1.08 bits per heavy atom. The number of carbonyl (C=O) groups excluding carboxylic acids is 1. The predicted molar refractivity (Wildman–Crippen MR) is 105 cm³/mol. The van der Waals surface area contributed by atoms with Crippen LogP contribution in [0.15, 0.2) is 36.4 Å². The minimum absolute atomic E-state index is 0.0586. The van der Waals surface area contributed by atoms with Gasteiger partial charge in [-0.2, -0.15) is 0 Å². The van der Waals surface area contributed by atoms with Crippen LogP contribution in [0.5, 0.6) is 11.5 Å². The number of methoxy groups -OCH3 is 1. The molecule has 0 aliphatic carbocycles. The summed E-state index contributed by atoms with van der Waals surface area (Å²) in [7, 11) is 1.66. The molecular formula is C22H29NO3. The summed E-state index contributed by atoms with van der Waals surface area (Å²) in [5.74, 6) is 1.48. The van der Waals surface area contributed by atoms with E-state index in [1.165, 1.54) is 0 Å². The number of carbonyl (C=O) groups is 1. The van der Waals surface area contributed by atoms with Crippen molar-refractivity contribution in [2.75, 3.05) is 7.11 Å². The van der Waals surface area contributed by atoms with Gasteiger partial charge in [-0.3, -0.25) is 4.79 Å². The molecule has 0 heterocycles. The zero-order valence-electron chi connectivity index (χ0n) is 16.6. The van der Waals surface area contributed by atoms with Crippen LogP contribution in [-0.4, -0.2) is 19.1 Å². The van der Waals surface area contributed by atoms with Crippen LogP contribution in [0.4, 0.5) is 0 Å². The topological polar surface area (TPSA) is 47.6 Å². The average Bonchev–Trinajstić information content (AvgIpc) is 2.63. The Morgan fingerprint density at radius 3 is 2.42 bits per heavy atom. The van der Waals surface area contributed by atoms with E-state index in [0.717, 1.165) is 40.2 Å². The van der Waals surface area contributed by atoms with Crippen molar-refractivity contribution in [3.8, 4) is 11.5 Å². The highest BCUT2D eigenvalue weighted by Crippen LogP contribution is 2.25. The summed E-state index contributed by atoms with van der Waals surface area (Å²) in [6.07, 6.45) is 0.233. The van der Waals surface area contributed by atoms with E-state index in [9.17, 15) is 4.79 Å². The SMILES string of the molecule is CC[C@H](NC(=O)[C@H](C)Oc1cccc(C)c1C)c1ccc(OC)c(C)c1. The van der Waals surface area contributed by atoms with Gasteiger partial charge in [0.05, 0.1) is 13.2 Å². The van der Waals surface area contributed by atoms with Crippen molar-refractivity contribution in [2.24, 2.45) is 0 Å². The normalized spacial score (nSPS) is 13.0. The second kappa shape index (κ2) is 8.75. The number of nitrogens with one attached hydrogen (secondary N) is 1. The van der Waals surface area contributed by atoms with Gasteiger partial charge >= 0.3 is 0 Å². The summed E-state index contributed by atoms with van der Waals surface area (Å²) in [5.41, 5.74) is 4.33. The lowest BCUT2D eigenvalue weighted by Crippen LogP contribution is -2.38. The van der Waals surface area contributed by atoms with E-state index < -0.39 is 6.10 Å². The number of benzene rings is 2. The number of amides is 1. The van der Waals surface area contributed by atoms with Crippen molar-refractivity contribution < 1.29 is 14.3 Å². The van der Waals surface area contributed by atoms with E-state index in [4.69, 9.17) is 9.47 Å². The van der Waals surface area contributed by atoms with Crippen LogP contribution in [0.2, 0.25) is 0 Å². The quantitative estimate of drug-likeness (QED) is 0.786. The fourth-order valence-electron chi connectivity index (χ4n) is 2.92. The number of hydrogen-bond acceptors (Lipinski definition) is 3. The second-order valence-electron chi connectivity index (χ2n) is 6.66. The number of hydrogen-bond donors (Lipinski definition) is 1. The summed E-state index contributed by atoms with van der Waals surface area (Å²) >= 11 is 0. The molecule has 0 aliphatic rings. The lowest BCUT2D eigenvalue weighted by Gasteiger charge is -2.22. The smallest absolute Gasteiger partial charge is 0.261 e. The third-order valence-electron chi connectivity index (χ3n) is 4.77. The third-order valence-corrected chi connectivity index (χ3v) is 4.77. The number of aryl methyl sites for hydroxylation is 2. The Hall–Kier alpha value is -2.49. The first kappa shape index (κ1) is 19.8. The van der Waals surface area contributed by atoms with E-state index >= 15 is 0 Å². The molecule has 4 heteroatoms. The molecule has 0 spiro atoms. The van der Waals surface area contributed by atoms with Gasteiger partial charge in [-0.25, -0.2) is 0 Å². The van der Waals surface area contributed by atoms with Crippen molar-refractivity contribution in [3.05, 3.63) is 58.7 Å². The largest absolute Gasteiger partial charge is 0.496 e. The fraction of sp³-hybridized carbons (Fsp3) is 0.409. The lowest BCUT2D eigenvalue weighted by molar-refractivity contribution is -0.128. The molecule has 0 aromatic heterocycles. The molecule has 0 saturated carbocycles. The first-order valence-corrected chi connectivity index (χ1v) is 9.05. The highest BCUT2D eigenvalue weighted by molar-refractivity contribution is 5.81. The molecule has 2 rings (SSSR count). The van der Waals surface area contributed by atoms with Gasteiger partial charge in [-0.15, -0.1) is 0 Å². The molecule has 0 saturated heterocycles. The lowest BCUT2D eigenvalue weighted by atomic mass is 10.0. The molecular weight excluding hydrogens is 326 g/mol. The van der Waals surface area contributed by atoms with Crippen molar-refractivity contribution in [1.82, 2.24) is 5.32 Å². The van der Waals surface area contributed by atoms with Gasteiger partial charge in [0.1, 0.15) is 11.5 Å². The summed E-state index contributed by atoms with van der Waals surface area (Å²) in [6, 6.07) is 11.8. The average molecular weight is 355 g/mol. The standard InChI is InChI=1S/C22H29NO3/c1-7-19(18-11-12-20(25-6)15(3)13-18)23-22(24)17(5)26-21-10-8-9-14(2)16(21)4/h8-13,17,19H,7H2,1-6H3,(H,23,24)/t17-,19-/m0/s1. The highest BCUT2D eigenvalue weighted by Gasteiger charge is 2.20. The molecule has 140 valence electrons. The van der Waals surface area contributed by atoms with Gasteiger partial charge in [0, 0.05) is 0 Å². The molecule has 26 heavy (non-hydrogen) atoms. The van der Waals surface area contributed by atoms with E-state index in [1.807, 2.05) is 51.1 Å². The second-order valence-corrected chi connectivity index (χ2v) is 6.66. The minimum atomic E-state index is -0.566. The van der Waals surface area contributed by atoms with E-state index in [-0.39, 0.29) is 11.9 Å². The van der Waals surface area contributed by atoms with E-state index in [2.05, 4.69) is 18.3 Å². The molecule has 2 aromatic carbocycles. The van der Waals surface area contributed by atoms with Gasteiger partial charge in [-0.1, -0.05) is 31.2 Å². The van der Waals surface area contributed by atoms with Crippen LogP contribution in [0, 0.1) is 20.8 Å². The maximum atomic E-state index is 12.6. The van der Waals surface area contributed by atoms with Gasteiger partial charge in [-0.05, 0) is 68.5 Å². The minimum Gasteiger partial charge on any atom is -0.496 e. The van der Waals surface area contributed by atoms with Gasteiger partial charge in [0.2, 0.25) is 0 Å². The Labute approximate surface area is 156 Å². The van der Waals surface area contributed by atoms with Gasteiger partial charge < -0.3 is 14.8 Å². The Bertz CT molecular complexity index is 770. The van der Waals surface area contributed by atoms with Crippen LogP contribution >= 0.6 is 0 Å². The Balaban J connectivity index is 2.08. The van der Waals surface area contributed by atoms with Crippen molar-refractivity contribution >= 4 is 5.91 Å². The first-order chi connectivity index (χ1) is 12.4. The molecule has 1 N–H and O–H groups in total. The van der Waals surface area contributed by atoms with Crippen molar-refractivity contribution in [3.63, 3.8) is 0 Å². The molecule has 0 fully saturated rings. The number of ether oxygens (including phenoxy) is 2. The molecule has 2 atom stereocenters. The molecule has 0 unspecified atom stereocenters. The monoisotopic (exact) mass is 355 g/mol. The van der Waals surface area contributed by atoms with Gasteiger partial charge in [0.25, 0.3) is 5.91 Å². The molecule has 4 nitrogen and oxygen atoms in total. The molecule has 0 aliphatic heterocycles. The van der Waals surface area contributed by atoms with Gasteiger partial charge in [0.15, 0.2) is 6.10 Å². The van der Waals surface area contributed by atoms with Crippen molar-refractivity contribution in [1.29, 1.82) is 0 Å². The van der Waals surface area contributed by atoms with Crippen molar-refractivity contribution in [2.45, 2.75) is 53.2 Å². The molecule has 1 amide bonds. The fourth-order valence-corrected chi connectivity index (χ4v) is 2.92. The summed E-state index contributed by atoms with van der Waals surface area (Å²) < 4.78 is 11.2. The third kappa shape index (κ3) is 4.57. The Kier molecular flexibility index (Phi) is 6.67. The number of rotatable bonds is 7. The van der Waals surface area contributed by atoms with Crippen LogP contribution < -0.4 is 14.8 Å². The molecule has 0 bridgehead atoms. The zero-order valence-corrected chi connectivity index (χ0v) is 16.6. The zero-order chi connectivity index (χ0) is 19.3. The molecule has 0 radical (unpaired) electrons. The summed E-state index contributed by atoms with van der Waals surface area (Å²) in [4.78, 5) is 12.6. The van der Waals surface area contributed by atoms with Crippen LogP contribution in [0.25, 0.3) is 0 Å². The Morgan fingerprint density at radius 2 is 1.81 bits per heavy atom. The summed E-state index contributed by atoms with van der Waals surface area (Å²) in [6.45, 7) is 9.88. The summed E-state index contributed by atoms with van der Waals surface area (Å²) in [5, 5.41) is 3.10. The maximum Gasteiger partial charge on any atom is 0.261 e.